The molecule has 0 aliphatic rings. The van der Waals surface area contributed by atoms with Gasteiger partial charge in [-0.05, 0) is 43.4 Å². The molecule has 504 valence electrons. The number of aliphatic hydroxyl groups is 1. The molecular weight excluding hydrogens is 1130 g/mol. The van der Waals surface area contributed by atoms with Crippen molar-refractivity contribution in [3.63, 3.8) is 0 Å². The summed E-state index contributed by atoms with van der Waals surface area (Å²) >= 11 is 0. The normalized spacial score (nSPS) is 14.3. The Labute approximate surface area is 517 Å². The molecule has 0 radical (unpaired) electrons. The topological polar surface area (TPSA) is 237 Å². The Morgan fingerprint density at radius 1 is 0.318 bits per heavy atom. The summed E-state index contributed by atoms with van der Waals surface area (Å²) in [5.41, 5.74) is 0. The highest BCUT2D eigenvalue weighted by Gasteiger charge is 2.30. The van der Waals surface area contributed by atoms with Crippen LogP contribution in [0, 0.1) is 17.8 Å². The summed E-state index contributed by atoms with van der Waals surface area (Å²) in [6.45, 7) is 11.7. The van der Waals surface area contributed by atoms with E-state index < -0.39 is 97.5 Å². The van der Waals surface area contributed by atoms with E-state index in [1.54, 1.807) is 0 Å². The SMILES string of the molecule is CCCCCCCCCCC(=O)OC[C@H](COP(=O)(O)OC[C@H](O)COP(=O)(O)OC[C@@H](COC(=O)CCCCCCCCCCCC(C)C)OC(=O)CCCCCCCCCCCCCCC(C)C)OC(=O)CCCCCCCCCC(C)C. The number of hydrogen-bond donors (Lipinski definition) is 3. The lowest BCUT2D eigenvalue weighted by Crippen LogP contribution is -2.30. The van der Waals surface area contributed by atoms with E-state index in [0.717, 1.165) is 108 Å². The second-order valence-electron chi connectivity index (χ2n) is 25.3. The Balaban J connectivity index is 5.23. The van der Waals surface area contributed by atoms with E-state index in [4.69, 9.17) is 37.0 Å². The van der Waals surface area contributed by atoms with Crippen LogP contribution in [0.25, 0.3) is 0 Å². The minimum absolute atomic E-state index is 0.103. The number of hydrogen-bond acceptors (Lipinski definition) is 15. The number of unbranched alkanes of at least 4 members (excludes halogenated alkanes) is 32. The molecule has 0 aromatic heterocycles. The molecule has 85 heavy (non-hydrogen) atoms. The fourth-order valence-electron chi connectivity index (χ4n) is 9.83. The maximum atomic E-state index is 13.0. The first-order valence-electron chi connectivity index (χ1n) is 34.3. The van der Waals surface area contributed by atoms with Gasteiger partial charge < -0.3 is 33.8 Å². The quantitative estimate of drug-likeness (QED) is 0.0222. The predicted molar refractivity (Wildman–Crippen MR) is 340 cm³/mol. The summed E-state index contributed by atoms with van der Waals surface area (Å²) in [6.07, 6.45) is 39.1. The molecule has 0 aliphatic carbocycles. The van der Waals surface area contributed by atoms with Gasteiger partial charge in [-0.1, -0.05) is 273 Å². The summed E-state index contributed by atoms with van der Waals surface area (Å²) in [6, 6.07) is 0. The van der Waals surface area contributed by atoms with Gasteiger partial charge in [0.05, 0.1) is 26.4 Å². The third-order valence-corrected chi connectivity index (χ3v) is 17.0. The monoisotopic (exact) mass is 1250 g/mol. The minimum atomic E-state index is -4.95. The van der Waals surface area contributed by atoms with Crippen molar-refractivity contribution in [1.82, 2.24) is 0 Å². The number of ether oxygens (including phenoxy) is 4. The van der Waals surface area contributed by atoms with Crippen LogP contribution in [0.4, 0.5) is 0 Å². The first kappa shape index (κ1) is 83.1. The molecule has 0 saturated carbocycles. The maximum absolute atomic E-state index is 13.0. The summed E-state index contributed by atoms with van der Waals surface area (Å²) in [4.78, 5) is 72.2. The summed E-state index contributed by atoms with van der Waals surface area (Å²) in [5, 5.41) is 10.5. The van der Waals surface area contributed by atoms with Gasteiger partial charge in [0.25, 0.3) is 0 Å². The Kier molecular flexibility index (Phi) is 55.9. The van der Waals surface area contributed by atoms with Gasteiger partial charge in [-0.2, -0.15) is 0 Å². The Bertz CT molecular complexity index is 1680. The average molecular weight is 1260 g/mol. The van der Waals surface area contributed by atoms with E-state index in [0.29, 0.717) is 31.6 Å². The lowest BCUT2D eigenvalue weighted by Gasteiger charge is -2.21. The van der Waals surface area contributed by atoms with Gasteiger partial charge >= 0.3 is 39.5 Å². The minimum Gasteiger partial charge on any atom is -0.462 e. The van der Waals surface area contributed by atoms with Gasteiger partial charge in [0.1, 0.15) is 19.3 Å². The molecule has 0 aromatic rings. The molecule has 0 aliphatic heterocycles. The Hall–Kier alpha value is -1.94. The Morgan fingerprint density at radius 3 is 0.800 bits per heavy atom. The third-order valence-electron chi connectivity index (χ3n) is 15.1. The zero-order valence-electron chi connectivity index (χ0n) is 55.1. The molecule has 3 N–H and O–H groups in total. The lowest BCUT2D eigenvalue weighted by molar-refractivity contribution is -0.161. The average Bonchev–Trinajstić information content (AvgIpc) is 3.47. The van der Waals surface area contributed by atoms with Crippen molar-refractivity contribution in [2.24, 2.45) is 17.8 Å². The first-order chi connectivity index (χ1) is 40.7. The first-order valence-corrected chi connectivity index (χ1v) is 37.3. The van der Waals surface area contributed by atoms with Crippen molar-refractivity contribution in [3.05, 3.63) is 0 Å². The van der Waals surface area contributed by atoms with Crippen molar-refractivity contribution in [2.75, 3.05) is 39.6 Å². The standard InChI is InChI=1S/C66H128O17P2/c1-8-9-10-11-12-26-33-40-47-63(68)76-53-62(83-66(71)50-43-36-29-22-25-32-39-46-59(6)7)56-81-85(74,75)79-52-60(67)51-78-84(72,73)80-55-61(54-77-64(69)48-41-34-27-21-17-19-24-31-38-45-58(4)5)82-65(70)49-42-35-28-20-16-14-13-15-18-23-30-37-44-57(2)3/h57-62,67H,8-56H2,1-7H3,(H,72,73)(H,74,75)/t60-,61-,62-/m1/s1. The molecule has 0 fully saturated rings. The summed E-state index contributed by atoms with van der Waals surface area (Å²) in [7, 11) is -9.89. The summed E-state index contributed by atoms with van der Waals surface area (Å²) in [5.74, 6) is 0.0800. The van der Waals surface area contributed by atoms with Crippen molar-refractivity contribution < 1.29 is 80.2 Å². The molecular formula is C66H128O17P2. The molecule has 0 bridgehead atoms. The third kappa shape index (κ3) is 60.7. The van der Waals surface area contributed by atoms with Crippen LogP contribution in [0.3, 0.4) is 0 Å². The highest BCUT2D eigenvalue weighted by molar-refractivity contribution is 7.47. The van der Waals surface area contributed by atoms with Crippen LogP contribution < -0.4 is 0 Å². The van der Waals surface area contributed by atoms with E-state index in [1.807, 2.05) is 0 Å². The van der Waals surface area contributed by atoms with E-state index in [9.17, 15) is 43.2 Å². The second-order valence-corrected chi connectivity index (χ2v) is 28.2. The van der Waals surface area contributed by atoms with Crippen LogP contribution in [-0.2, 0) is 65.4 Å². The largest absolute Gasteiger partial charge is 0.472 e. The fourth-order valence-corrected chi connectivity index (χ4v) is 11.4. The van der Waals surface area contributed by atoms with Gasteiger partial charge in [-0.3, -0.25) is 37.3 Å². The fraction of sp³-hybridized carbons (Fsp3) is 0.939. The van der Waals surface area contributed by atoms with Crippen molar-refractivity contribution in [3.8, 4) is 0 Å². The molecule has 0 aromatic carbocycles. The predicted octanol–water partition coefficient (Wildman–Crippen LogP) is 18.3. The van der Waals surface area contributed by atoms with Crippen molar-refractivity contribution >= 4 is 39.5 Å². The molecule has 0 amide bonds. The Morgan fingerprint density at radius 2 is 0.541 bits per heavy atom. The van der Waals surface area contributed by atoms with E-state index in [-0.39, 0.29) is 25.7 Å². The van der Waals surface area contributed by atoms with Crippen molar-refractivity contribution in [1.29, 1.82) is 0 Å². The molecule has 17 nitrogen and oxygen atoms in total. The van der Waals surface area contributed by atoms with Gasteiger partial charge in [0, 0.05) is 25.7 Å². The maximum Gasteiger partial charge on any atom is 0.472 e. The molecule has 2 unspecified atom stereocenters. The van der Waals surface area contributed by atoms with Crippen LogP contribution in [0.2, 0.25) is 0 Å². The van der Waals surface area contributed by atoms with Gasteiger partial charge in [0.15, 0.2) is 12.2 Å². The van der Waals surface area contributed by atoms with Gasteiger partial charge in [-0.15, -0.1) is 0 Å². The molecule has 19 heteroatoms. The van der Waals surface area contributed by atoms with E-state index in [1.165, 1.54) is 128 Å². The zero-order chi connectivity index (χ0) is 63.1. The zero-order valence-corrected chi connectivity index (χ0v) is 56.9. The van der Waals surface area contributed by atoms with Crippen LogP contribution in [-0.4, -0.2) is 96.7 Å². The highest BCUT2D eigenvalue weighted by Crippen LogP contribution is 2.45. The molecule has 0 rings (SSSR count). The number of phosphoric ester groups is 2. The van der Waals surface area contributed by atoms with E-state index >= 15 is 0 Å². The van der Waals surface area contributed by atoms with Crippen LogP contribution in [0.5, 0.6) is 0 Å². The number of aliphatic hydroxyl groups excluding tert-OH is 1. The molecule has 5 atom stereocenters. The number of carbonyl (C=O) groups excluding carboxylic acids is 4. The molecule has 0 spiro atoms. The molecule has 0 heterocycles. The number of esters is 4. The number of carbonyl (C=O) groups is 4. The van der Waals surface area contributed by atoms with Crippen LogP contribution in [0.15, 0.2) is 0 Å². The molecule has 0 saturated heterocycles. The van der Waals surface area contributed by atoms with E-state index in [2.05, 4.69) is 48.5 Å². The van der Waals surface area contributed by atoms with Crippen LogP contribution >= 0.6 is 15.6 Å². The van der Waals surface area contributed by atoms with Crippen LogP contribution in [0.1, 0.15) is 325 Å². The van der Waals surface area contributed by atoms with Gasteiger partial charge in [-0.25, -0.2) is 9.13 Å². The summed E-state index contributed by atoms with van der Waals surface area (Å²) < 4.78 is 68.0. The smallest absolute Gasteiger partial charge is 0.462 e. The second kappa shape index (κ2) is 57.2. The van der Waals surface area contributed by atoms with Crippen molar-refractivity contribution in [2.45, 2.75) is 343 Å². The number of phosphoric acid groups is 2. The van der Waals surface area contributed by atoms with Gasteiger partial charge in [0.2, 0.25) is 0 Å². The lowest BCUT2D eigenvalue weighted by atomic mass is 10.0. The number of rotatable bonds is 64. The highest BCUT2D eigenvalue weighted by atomic mass is 31.2.